The predicted molar refractivity (Wildman–Crippen MR) is 143 cm³/mol. The van der Waals surface area contributed by atoms with Crippen molar-refractivity contribution in [3.05, 3.63) is 64.8 Å². The van der Waals surface area contributed by atoms with Crippen molar-refractivity contribution in [2.24, 2.45) is 13.0 Å². The van der Waals surface area contributed by atoms with E-state index in [1.807, 2.05) is 38.7 Å². The normalized spacial score (nSPS) is 16.2. The molecule has 5 heterocycles. The van der Waals surface area contributed by atoms with Gasteiger partial charge in [0.05, 0.1) is 38.8 Å². The summed E-state index contributed by atoms with van der Waals surface area (Å²) in [6, 6.07) is 15.3. The van der Waals surface area contributed by atoms with E-state index in [1.165, 1.54) is 5.56 Å². The molecule has 1 aromatic carbocycles. The van der Waals surface area contributed by atoms with E-state index in [0.29, 0.717) is 5.92 Å². The molecule has 36 heavy (non-hydrogen) atoms. The van der Waals surface area contributed by atoms with Gasteiger partial charge >= 0.3 is 0 Å². The molecule has 0 bridgehead atoms. The number of aromatic nitrogens is 5. The van der Waals surface area contributed by atoms with Crippen molar-refractivity contribution in [1.82, 2.24) is 24.5 Å². The third-order valence-electron chi connectivity index (χ3n) is 7.32. The lowest BCUT2D eigenvalue weighted by Crippen LogP contribution is -2.26. The second-order valence-electron chi connectivity index (χ2n) is 10.3. The van der Waals surface area contributed by atoms with Crippen molar-refractivity contribution in [2.75, 3.05) is 13.2 Å². The van der Waals surface area contributed by atoms with Gasteiger partial charge in [-0.1, -0.05) is 35.5 Å². The summed E-state index contributed by atoms with van der Waals surface area (Å²) in [5.41, 5.74) is 6.40. The molecule has 0 unspecified atom stereocenters. The van der Waals surface area contributed by atoms with E-state index >= 15 is 0 Å². The van der Waals surface area contributed by atoms with E-state index in [2.05, 4.69) is 57.3 Å². The zero-order valence-corrected chi connectivity index (χ0v) is 21.9. The number of hydrogen-bond donors (Lipinski definition) is 1. The average molecular weight is 502 g/mol. The number of thiophene rings is 1. The van der Waals surface area contributed by atoms with Crippen LogP contribution < -0.4 is 0 Å². The Balaban J connectivity index is 1.67. The summed E-state index contributed by atoms with van der Waals surface area (Å²) >= 11 is 1.64. The number of fused-ring (bicyclic) bond motifs is 3. The van der Waals surface area contributed by atoms with Gasteiger partial charge in [-0.2, -0.15) is 0 Å². The topological polar surface area (TPSA) is 78.0 Å². The maximum Gasteiger partial charge on any atom is 0.106 e. The van der Waals surface area contributed by atoms with Crippen molar-refractivity contribution >= 4 is 32.6 Å². The minimum Gasteiger partial charge on any atom is -0.385 e. The highest BCUT2D eigenvalue weighted by Crippen LogP contribution is 2.45. The fourth-order valence-corrected chi connectivity index (χ4v) is 6.73. The fourth-order valence-electron chi connectivity index (χ4n) is 5.57. The molecule has 0 aliphatic carbocycles. The monoisotopic (exact) mass is 501 g/mol. The minimum atomic E-state index is -0.917. The van der Waals surface area contributed by atoms with E-state index < -0.39 is 5.60 Å². The number of pyridine rings is 1. The molecule has 6 rings (SSSR count). The van der Waals surface area contributed by atoms with Crippen LogP contribution in [0.15, 0.2) is 48.7 Å². The van der Waals surface area contributed by atoms with Crippen LogP contribution in [0.3, 0.4) is 0 Å². The van der Waals surface area contributed by atoms with Gasteiger partial charge in [0.15, 0.2) is 0 Å². The molecular weight excluding hydrogens is 470 g/mol. The molecule has 1 aliphatic heterocycles. The zero-order valence-electron chi connectivity index (χ0n) is 21.1. The summed E-state index contributed by atoms with van der Waals surface area (Å²) in [6.45, 7) is 7.23. The van der Waals surface area contributed by atoms with Crippen molar-refractivity contribution in [1.29, 1.82) is 0 Å². The molecule has 0 saturated carbocycles. The number of rotatable bonds is 5. The van der Waals surface area contributed by atoms with Gasteiger partial charge < -0.3 is 14.4 Å². The lowest BCUT2D eigenvalue weighted by atomic mass is 9.86. The first-order valence-corrected chi connectivity index (χ1v) is 13.3. The summed E-state index contributed by atoms with van der Waals surface area (Å²) in [4.78, 5) is 5.94. The Hall–Kier alpha value is -3.07. The van der Waals surface area contributed by atoms with Gasteiger partial charge in [0.25, 0.3) is 0 Å². The van der Waals surface area contributed by atoms with Crippen LogP contribution in [0.1, 0.15) is 48.9 Å². The molecule has 1 atom stereocenters. The summed E-state index contributed by atoms with van der Waals surface area (Å²) in [5, 5.41) is 19.3. The summed E-state index contributed by atoms with van der Waals surface area (Å²) in [5.74, 6) is 0.425. The van der Waals surface area contributed by atoms with E-state index in [4.69, 9.17) is 9.72 Å². The molecule has 0 amide bonds. The van der Waals surface area contributed by atoms with E-state index in [9.17, 15) is 5.11 Å². The number of hydrogen-bond acceptors (Lipinski definition) is 6. The highest BCUT2D eigenvalue weighted by Gasteiger charge is 2.32. The highest BCUT2D eigenvalue weighted by atomic mass is 32.1. The van der Waals surface area contributed by atoms with Crippen molar-refractivity contribution < 1.29 is 9.84 Å². The Morgan fingerprint density at radius 2 is 1.86 bits per heavy atom. The molecular formula is C28H31N5O2S. The van der Waals surface area contributed by atoms with Gasteiger partial charge in [-0.3, -0.25) is 4.98 Å². The first kappa shape index (κ1) is 23.3. The van der Waals surface area contributed by atoms with Gasteiger partial charge in [0.2, 0.25) is 0 Å². The number of nitrogens with zero attached hydrogens (tertiary/aromatic N) is 5. The third-order valence-corrected chi connectivity index (χ3v) is 8.76. The van der Waals surface area contributed by atoms with Crippen LogP contribution in [0.5, 0.6) is 0 Å². The molecule has 7 nitrogen and oxygen atoms in total. The second kappa shape index (κ2) is 8.80. The van der Waals surface area contributed by atoms with Crippen LogP contribution in [0.4, 0.5) is 0 Å². The van der Waals surface area contributed by atoms with Crippen LogP contribution in [0.2, 0.25) is 0 Å². The molecule has 1 N–H and O–H groups in total. The quantitative estimate of drug-likeness (QED) is 0.339. The van der Waals surface area contributed by atoms with Crippen molar-refractivity contribution in [2.45, 2.75) is 45.3 Å². The smallest absolute Gasteiger partial charge is 0.106 e. The molecule has 8 heteroatoms. The van der Waals surface area contributed by atoms with Gasteiger partial charge in [-0.05, 0) is 57.2 Å². The molecule has 0 spiro atoms. The van der Waals surface area contributed by atoms with E-state index in [0.717, 1.165) is 69.1 Å². The van der Waals surface area contributed by atoms with Gasteiger partial charge in [-0.15, -0.1) is 16.4 Å². The lowest BCUT2D eigenvalue weighted by molar-refractivity contribution is 0.0552. The Bertz CT molecular complexity index is 1520. The fraction of sp³-hybridized carbons (Fsp3) is 0.393. The Kier molecular flexibility index (Phi) is 5.70. The van der Waals surface area contributed by atoms with Crippen LogP contribution in [-0.4, -0.2) is 42.9 Å². The van der Waals surface area contributed by atoms with E-state index in [1.54, 1.807) is 11.3 Å². The summed E-state index contributed by atoms with van der Waals surface area (Å²) in [7, 11) is 1.92. The lowest BCUT2D eigenvalue weighted by Gasteiger charge is -2.33. The maximum absolute atomic E-state index is 10.9. The van der Waals surface area contributed by atoms with Crippen LogP contribution in [-0.2, 0) is 17.4 Å². The summed E-state index contributed by atoms with van der Waals surface area (Å²) in [6.07, 6.45) is 3.93. The van der Waals surface area contributed by atoms with Crippen LogP contribution in [0, 0.1) is 12.8 Å². The van der Waals surface area contributed by atoms with E-state index in [-0.39, 0.29) is 6.04 Å². The number of ether oxygens (including phenoxy) is 1. The predicted octanol–water partition coefficient (Wildman–Crippen LogP) is 5.60. The Morgan fingerprint density at radius 3 is 2.53 bits per heavy atom. The van der Waals surface area contributed by atoms with Crippen molar-refractivity contribution in [3.8, 4) is 11.3 Å². The van der Waals surface area contributed by atoms with Crippen molar-refractivity contribution in [3.63, 3.8) is 0 Å². The number of aryl methyl sites for hydroxylation is 2. The Morgan fingerprint density at radius 1 is 1.11 bits per heavy atom. The van der Waals surface area contributed by atoms with Gasteiger partial charge in [0, 0.05) is 36.9 Å². The molecule has 186 valence electrons. The molecule has 4 aromatic heterocycles. The number of benzene rings is 1. The molecule has 1 fully saturated rings. The largest absolute Gasteiger partial charge is 0.385 e. The average Bonchev–Trinajstić information content (AvgIpc) is 3.53. The first-order valence-electron chi connectivity index (χ1n) is 12.5. The maximum atomic E-state index is 10.9. The standard InChI is InChI=1S/C28H31N5O2S/c1-17-25(32(4)31-30-17)20-14-21-24(29-16-20)27-22(15-23(36-27)28(2,3)34)33(21)26(18-8-6-5-7-9-18)19-10-12-35-13-11-19/h5-9,14-16,19,26,34H,10-13H2,1-4H3/t26-/m0/s1. The minimum absolute atomic E-state index is 0.127. The first-order chi connectivity index (χ1) is 17.3. The highest BCUT2D eigenvalue weighted by molar-refractivity contribution is 7.20. The van der Waals surface area contributed by atoms with Crippen LogP contribution >= 0.6 is 11.3 Å². The molecule has 1 aliphatic rings. The molecule has 1 saturated heterocycles. The number of aliphatic hydroxyl groups is 1. The van der Waals surface area contributed by atoms with Crippen LogP contribution in [0.25, 0.3) is 32.5 Å². The zero-order chi connectivity index (χ0) is 25.0. The Labute approximate surface area is 214 Å². The SMILES string of the molecule is Cc1nnn(C)c1-c1cnc2c3sc(C(C)(C)O)cc3n([C@@H](c3ccccc3)C3CCOCC3)c2c1. The summed E-state index contributed by atoms with van der Waals surface area (Å²) < 4.78 is 11.1. The third kappa shape index (κ3) is 3.84. The van der Waals surface area contributed by atoms with Gasteiger partial charge in [0.1, 0.15) is 5.52 Å². The second-order valence-corrected chi connectivity index (χ2v) is 11.4. The van der Waals surface area contributed by atoms with Gasteiger partial charge in [-0.25, -0.2) is 4.68 Å². The molecule has 0 radical (unpaired) electrons. The molecule has 5 aromatic rings.